The molecule has 1 nitrogen and oxygen atoms in total. The van der Waals surface area contributed by atoms with E-state index in [4.69, 9.17) is 5.73 Å². The van der Waals surface area contributed by atoms with Crippen molar-refractivity contribution < 1.29 is 13.2 Å². The van der Waals surface area contributed by atoms with Gasteiger partial charge in [0.25, 0.3) is 0 Å². The Morgan fingerprint density at radius 3 is 1.92 bits per heavy atom. The SMILES string of the molecule is C[C@@H](N)c1cc(F)c(F)c(F)c1. The topological polar surface area (TPSA) is 26.0 Å². The van der Waals surface area contributed by atoms with Gasteiger partial charge in [0.05, 0.1) is 0 Å². The highest BCUT2D eigenvalue weighted by atomic mass is 19.2. The lowest BCUT2D eigenvalue weighted by molar-refractivity contribution is 0.444. The number of rotatable bonds is 1. The van der Waals surface area contributed by atoms with Crippen LogP contribution in [0.15, 0.2) is 12.1 Å². The van der Waals surface area contributed by atoms with Gasteiger partial charge in [0.2, 0.25) is 0 Å². The third-order valence-corrected chi connectivity index (χ3v) is 1.53. The molecule has 0 amide bonds. The zero-order valence-corrected chi connectivity index (χ0v) is 6.44. The van der Waals surface area contributed by atoms with Gasteiger partial charge in [-0.05, 0) is 24.6 Å². The van der Waals surface area contributed by atoms with Gasteiger partial charge < -0.3 is 5.73 Å². The molecule has 0 spiro atoms. The fraction of sp³-hybridized carbons (Fsp3) is 0.250. The smallest absolute Gasteiger partial charge is 0.194 e. The number of hydrogen-bond acceptors (Lipinski definition) is 1. The van der Waals surface area contributed by atoms with E-state index in [-0.39, 0.29) is 5.56 Å². The maximum atomic E-state index is 12.5. The normalized spacial score (nSPS) is 13.1. The van der Waals surface area contributed by atoms with Crippen LogP contribution in [0.4, 0.5) is 13.2 Å². The molecule has 0 unspecified atom stereocenters. The Bertz CT molecular complexity index is 273. The van der Waals surface area contributed by atoms with Crippen LogP contribution in [0.2, 0.25) is 0 Å². The lowest BCUT2D eigenvalue weighted by Gasteiger charge is -2.05. The van der Waals surface area contributed by atoms with Crippen molar-refractivity contribution >= 4 is 0 Å². The summed E-state index contributed by atoms with van der Waals surface area (Å²) in [7, 11) is 0. The summed E-state index contributed by atoms with van der Waals surface area (Å²) < 4.78 is 37.4. The van der Waals surface area contributed by atoms with E-state index in [2.05, 4.69) is 0 Å². The fourth-order valence-electron chi connectivity index (χ4n) is 0.838. The second-order valence-corrected chi connectivity index (χ2v) is 2.59. The highest BCUT2D eigenvalue weighted by Crippen LogP contribution is 2.17. The van der Waals surface area contributed by atoms with Crippen molar-refractivity contribution in [1.29, 1.82) is 0 Å². The minimum atomic E-state index is -1.46. The first-order chi connectivity index (χ1) is 5.52. The summed E-state index contributed by atoms with van der Waals surface area (Å²) in [5.74, 6) is -3.87. The first-order valence-corrected chi connectivity index (χ1v) is 3.42. The van der Waals surface area contributed by atoms with Crippen molar-refractivity contribution in [3.8, 4) is 0 Å². The third-order valence-electron chi connectivity index (χ3n) is 1.53. The molecule has 1 aromatic rings. The molecule has 0 bridgehead atoms. The van der Waals surface area contributed by atoms with Gasteiger partial charge in [-0.3, -0.25) is 0 Å². The van der Waals surface area contributed by atoms with E-state index in [0.29, 0.717) is 0 Å². The van der Waals surface area contributed by atoms with Gasteiger partial charge in [-0.2, -0.15) is 0 Å². The monoisotopic (exact) mass is 175 g/mol. The maximum Gasteiger partial charge on any atom is 0.194 e. The second-order valence-electron chi connectivity index (χ2n) is 2.59. The standard InChI is InChI=1S/C8H8F3N/c1-4(12)5-2-6(9)8(11)7(10)3-5/h2-4H,12H2,1H3/t4-/m1/s1. The number of halogens is 3. The van der Waals surface area contributed by atoms with E-state index in [1.54, 1.807) is 6.92 Å². The Balaban J connectivity index is 3.21. The quantitative estimate of drug-likeness (QED) is 0.650. The Morgan fingerprint density at radius 1 is 1.17 bits per heavy atom. The average molecular weight is 175 g/mol. The average Bonchev–Trinajstić information content (AvgIpc) is 1.99. The van der Waals surface area contributed by atoms with Gasteiger partial charge >= 0.3 is 0 Å². The van der Waals surface area contributed by atoms with Crippen molar-refractivity contribution in [2.45, 2.75) is 13.0 Å². The van der Waals surface area contributed by atoms with Gasteiger partial charge in [-0.25, -0.2) is 13.2 Å². The largest absolute Gasteiger partial charge is 0.324 e. The summed E-state index contributed by atoms with van der Waals surface area (Å²) in [4.78, 5) is 0. The van der Waals surface area contributed by atoms with Crippen LogP contribution in [0.25, 0.3) is 0 Å². The van der Waals surface area contributed by atoms with Crippen molar-refractivity contribution in [3.63, 3.8) is 0 Å². The van der Waals surface area contributed by atoms with Gasteiger partial charge in [0.1, 0.15) is 0 Å². The molecule has 12 heavy (non-hydrogen) atoms. The molecule has 1 atom stereocenters. The first-order valence-electron chi connectivity index (χ1n) is 3.42. The maximum absolute atomic E-state index is 12.5. The van der Waals surface area contributed by atoms with Gasteiger partial charge in [0.15, 0.2) is 17.5 Å². The molecule has 0 saturated carbocycles. The predicted octanol–water partition coefficient (Wildman–Crippen LogP) is 2.12. The highest BCUT2D eigenvalue weighted by Gasteiger charge is 2.11. The van der Waals surface area contributed by atoms with Crippen molar-refractivity contribution in [2.24, 2.45) is 5.73 Å². The Kier molecular flexibility index (Phi) is 2.38. The lowest BCUT2D eigenvalue weighted by Crippen LogP contribution is -2.07. The summed E-state index contributed by atoms with van der Waals surface area (Å²) in [6.07, 6.45) is 0. The molecule has 0 aliphatic rings. The van der Waals surface area contributed by atoms with Crippen molar-refractivity contribution in [2.75, 3.05) is 0 Å². The van der Waals surface area contributed by atoms with E-state index in [9.17, 15) is 13.2 Å². The van der Waals surface area contributed by atoms with Crippen LogP contribution in [0.1, 0.15) is 18.5 Å². The molecule has 0 saturated heterocycles. The van der Waals surface area contributed by atoms with E-state index < -0.39 is 23.5 Å². The zero-order chi connectivity index (χ0) is 9.30. The molecule has 4 heteroatoms. The van der Waals surface area contributed by atoms with E-state index >= 15 is 0 Å². The minimum Gasteiger partial charge on any atom is -0.324 e. The third kappa shape index (κ3) is 1.58. The Labute approximate surface area is 68.0 Å². The fourth-order valence-corrected chi connectivity index (χ4v) is 0.838. The summed E-state index contributed by atoms with van der Waals surface area (Å²) in [6, 6.07) is 1.28. The highest BCUT2D eigenvalue weighted by molar-refractivity contribution is 5.21. The van der Waals surface area contributed by atoms with E-state index in [0.717, 1.165) is 12.1 Å². The molecule has 0 aromatic heterocycles. The molecule has 1 rings (SSSR count). The van der Waals surface area contributed by atoms with Gasteiger partial charge in [0, 0.05) is 6.04 Å². The summed E-state index contributed by atoms with van der Waals surface area (Å²) in [5, 5.41) is 0. The van der Waals surface area contributed by atoms with E-state index in [1.807, 2.05) is 0 Å². The lowest BCUT2D eigenvalue weighted by atomic mass is 10.1. The molecule has 66 valence electrons. The Hall–Kier alpha value is -1.03. The van der Waals surface area contributed by atoms with Gasteiger partial charge in [-0.15, -0.1) is 0 Å². The second kappa shape index (κ2) is 3.15. The molecule has 0 fully saturated rings. The minimum absolute atomic E-state index is 0.242. The van der Waals surface area contributed by atoms with Gasteiger partial charge in [-0.1, -0.05) is 0 Å². The molecular formula is C8H8F3N. The van der Waals surface area contributed by atoms with Crippen LogP contribution < -0.4 is 5.73 Å². The van der Waals surface area contributed by atoms with Crippen LogP contribution in [0, 0.1) is 17.5 Å². The zero-order valence-electron chi connectivity index (χ0n) is 6.44. The predicted molar refractivity (Wildman–Crippen MR) is 38.9 cm³/mol. The summed E-state index contributed by atoms with van der Waals surface area (Å²) in [5.41, 5.74) is 5.59. The number of nitrogens with two attached hydrogens (primary N) is 1. The molecule has 0 aliphatic heterocycles. The molecule has 0 heterocycles. The summed E-state index contributed by atoms with van der Waals surface area (Å²) in [6.45, 7) is 1.56. The van der Waals surface area contributed by atoms with Crippen molar-refractivity contribution in [3.05, 3.63) is 35.1 Å². The van der Waals surface area contributed by atoms with E-state index in [1.165, 1.54) is 0 Å². The Morgan fingerprint density at radius 2 is 1.58 bits per heavy atom. The molecule has 2 N–H and O–H groups in total. The van der Waals surface area contributed by atoms with Crippen LogP contribution in [-0.4, -0.2) is 0 Å². The van der Waals surface area contributed by atoms with Crippen molar-refractivity contribution in [1.82, 2.24) is 0 Å². The summed E-state index contributed by atoms with van der Waals surface area (Å²) >= 11 is 0. The van der Waals surface area contributed by atoms with Crippen LogP contribution in [-0.2, 0) is 0 Å². The molecule has 0 radical (unpaired) electrons. The van der Waals surface area contributed by atoms with Crippen LogP contribution >= 0.6 is 0 Å². The molecular weight excluding hydrogens is 167 g/mol. The number of benzene rings is 1. The van der Waals surface area contributed by atoms with Crippen LogP contribution in [0.3, 0.4) is 0 Å². The molecule has 1 aromatic carbocycles. The molecule has 0 aliphatic carbocycles. The number of hydrogen-bond donors (Lipinski definition) is 1. The first kappa shape index (κ1) is 9.06. The van der Waals surface area contributed by atoms with Crippen LogP contribution in [0.5, 0.6) is 0 Å².